The second kappa shape index (κ2) is 9.43. The molecule has 2 aliphatic rings. The van der Waals surface area contributed by atoms with Gasteiger partial charge in [0, 0.05) is 0 Å². The summed E-state index contributed by atoms with van der Waals surface area (Å²) in [5.74, 6) is -0.508. The lowest BCUT2D eigenvalue weighted by Crippen LogP contribution is -2.30. The zero-order valence-electron chi connectivity index (χ0n) is 13.6. The van der Waals surface area contributed by atoms with Gasteiger partial charge < -0.3 is 9.47 Å². The molecule has 126 valence electrons. The van der Waals surface area contributed by atoms with Gasteiger partial charge in [0.1, 0.15) is 17.5 Å². The number of hydrogen-bond donors (Lipinski definition) is 0. The van der Waals surface area contributed by atoms with Crippen LogP contribution in [-0.4, -0.2) is 35.7 Å². The van der Waals surface area contributed by atoms with Crippen molar-refractivity contribution in [3.05, 3.63) is 0 Å². The van der Waals surface area contributed by atoms with Crippen LogP contribution >= 0.6 is 11.8 Å². The summed E-state index contributed by atoms with van der Waals surface area (Å²) in [7, 11) is 0. The highest BCUT2D eigenvalue weighted by atomic mass is 32.2. The van der Waals surface area contributed by atoms with Gasteiger partial charge in [-0.05, 0) is 57.6 Å². The van der Waals surface area contributed by atoms with E-state index in [-0.39, 0.29) is 30.6 Å². The first-order valence-corrected chi connectivity index (χ1v) is 9.90. The Kier molecular flexibility index (Phi) is 7.56. The number of ether oxygens (including phenoxy) is 2. The first kappa shape index (κ1) is 17.6. The molecule has 2 aliphatic carbocycles. The maximum atomic E-state index is 12.2. The highest BCUT2D eigenvalue weighted by Gasteiger charge is 2.28. The van der Waals surface area contributed by atoms with Crippen LogP contribution in [0.25, 0.3) is 0 Å². The molecule has 0 aliphatic heterocycles. The van der Waals surface area contributed by atoms with Crippen molar-refractivity contribution in [2.24, 2.45) is 0 Å². The predicted molar refractivity (Wildman–Crippen MR) is 87.9 cm³/mol. The summed E-state index contributed by atoms with van der Waals surface area (Å²) in [6, 6.07) is 0. The van der Waals surface area contributed by atoms with Crippen molar-refractivity contribution in [3.63, 3.8) is 0 Å². The van der Waals surface area contributed by atoms with Gasteiger partial charge in [-0.1, -0.05) is 12.8 Å². The molecule has 22 heavy (non-hydrogen) atoms. The summed E-state index contributed by atoms with van der Waals surface area (Å²) in [6.45, 7) is 0. The largest absolute Gasteiger partial charge is 0.462 e. The van der Waals surface area contributed by atoms with Crippen molar-refractivity contribution in [2.75, 3.05) is 6.26 Å². The van der Waals surface area contributed by atoms with E-state index in [0.29, 0.717) is 0 Å². The highest BCUT2D eigenvalue weighted by molar-refractivity contribution is 7.99. The van der Waals surface area contributed by atoms with E-state index in [1.165, 1.54) is 24.6 Å². The molecule has 0 aromatic rings. The highest BCUT2D eigenvalue weighted by Crippen LogP contribution is 2.24. The maximum absolute atomic E-state index is 12.2. The molecule has 0 aromatic carbocycles. The third-order valence-electron chi connectivity index (χ3n) is 4.58. The summed E-state index contributed by atoms with van der Waals surface area (Å²) >= 11 is 1.38. The Morgan fingerprint density at radius 3 is 1.91 bits per heavy atom. The lowest BCUT2D eigenvalue weighted by molar-refractivity contribution is -0.156. The van der Waals surface area contributed by atoms with E-state index in [9.17, 15) is 9.59 Å². The van der Waals surface area contributed by atoms with Gasteiger partial charge in [-0.3, -0.25) is 9.59 Å². The van der Waals surface area contributed by atoms with Crippen LogP contribution in [0.1, 0.15) is 70.6 Å². The summed E-state index contributed by atoms with van der Waals surface area (Å²) in [4.78, 5) is 24.3. The fourth-order valence-electron chi connectivity index (χ4n) is 3.25. The number of carbonyl (C=O) groups is 2. The molecule has 0 N–H and O–H groups in total. The second-order valence-corrected chi connectivity index (χ2v) is 7.42. The molecule has 5 heteroatoms. The standard InChI is InChI=1S/C17H28O4S/c1-22-15(17(19)21-14-10-6-3-7-11-14)12-16(18)20-13-8-4-2-5-9-13/h13-15H,2-12H2,1H3. The molecule has 4 nitrogen and oxygen atoms in total. The molecule has 0 bridgehead atoms. The summed E-state index contributed by atoms with van der Waals surface area (Å²) in [5.41, 5.74) is 0. The van der Waals surface area contributed by atoms with Crippen LogP contribution in [0.2, 0.25) is 0 Å². The van der Waals surface area contributed by atoms with E-state index in [2.05, 4.69) is 0 Å². The molecule has 0 amide bonds. The Bertz CT molecular complexity index is 360. The molecule has 2 rings (SSSR count). The normalized spacial score (nSPS) is 22.0. The Morgan fingerprint density at radius 2 is 1.41 bits per heavy atom. The Hall–Kier alpha value is -0.710. The van der Waals surface area contributed by atoms with Crippen LogP contribution in [0, 0.1) is 0 Å². The van der Waals surface area contributed by atoms with Crippen LogP contribution in [0.4, 0.5) is 0 Å². The average Bonchev–Trinajstić information content (AvgIpc) is 2.54. The Morgan fingerprint density at radius 1 is 0.909 bits per heavy atom. The monoisotopic (exact) mass is 328 g/mol. The van der Waals surface area contributed by atoms with E-state index in [1.807, 2.05) is 6.26 Å². The number of rotatable bonds is 6. The summed E-state index contributed by atoms with van der Waals surface area (Å²) in [5, 5.41) is -0.432. The lowest BCUT2D eigenvalue weighted by Gasteiger charge is -2.25. The Balaban J connectivity index is 1.74. The van der Waals surface area contributed by atoms with Crippen LogP contribution in [0.15, 0.2) is 0 Å². The van der Waals surface area contributed by atoms with Crippen molar-refractivity contribution in [1.82, 2.24) is 0 Å². The van der Waals surface area contributed by atoms with E-state index in [4.69, 9.17) is 9.47 Å². The molecule has 0 aromatic heterocycles. The van der Waals surface area contributed by atoms with Crippen molar-refractivity contribution in [2.45, 2.75) is 88.1 Å². The van der Waals surface area contributed by atoms with Crippen molar-refractivity contribution < 1.29 is 19.1 Å². The van der Waals surface area contributed by atoms with Gasteiger partial charge >= 0.3 is 11.9 Å². The first-order valence-electron chi connectivity index (χ1n) is 8.62. The van der Waals surface area contributed by atoms with E-state index < -0.39 is 5.25 Å². The van der Waals surface area contributed by atoms with E-state index >= 15 is 0 Å². The molecule has 1 atom stereocenters. The maximum Gasteiger partial charge on any atom is 0.319 e. The zero-order chi connectivity index (χ0) is 15.8. The molecule has 1 unspecified atom stereocenters. The van der Waals surface area contributed by atoms with Gasteiger partial charge in [0.15, 0.2) is 0 Å². The van der Waals surface area contributed by atoms with Crippen molar-refractivity contribution in [1.29, 1.82) is 0 Å². The van der Waals surface area contributed by atoms with Gasteiger partial charge in [0.25, 0.3) is 0 Å². The topological polar surface area (TPSA) is 52.6 Å². The molecule has 0 spiro atoms. The van der Waals surface area contributed by atoms with E-state index in [0.717, 1.165) is 51.4 Å². The van der Waals surface area contributed by atoms with Crippen molar-refractivity contribution in [3.8, 4) is 0 Å². The van der Waals surface area contributed by atoms with Crippen LogP contribution in [0.3, 0.4) is 0 Å². The number of hydrogen-bond acceptors (Lipinski definition) is 5. The minimum Gasteiger partial charge on any atom is -0.462 e. The third-order valence-corrected chi connectivity index (χ3v) is 5.51. The third kappa shape index (κ3) is 5.82. The molecule has 0 heterocycles. The number of carbonyl (C=O) groups excluding carboxylic acids is 2. The molecular weight excluding hydrogens is 300 g/mol. The molecule has 2 fully saturated rings. The number of esters is 2. The quantitative estimate of drug-likeness (QED) is 0.693. The summed E-state index contributed by atoms with van der Waals surface area (Å²) in [6.07, 6.45) is 12.9. The second-order valence-electron chi connectivity index (χ2n) is 6.38. The van der Waals surface area contributed by atoms with Crippen LogP contribution in [-0.2, 0) is 19.1 Å². The fraction of sp³-hybridized carbons (Fsp3) is 0.882. The smallest absolute Gasteiger partial charge is 0.319 e. The van der Waals surface area contributed by atoms with Crippen LogP contribution < -0.4 is 0 Å². The minimum atomic E-state index is -0.432. The van der Waals surface area contributed by atoms with Crippen LogP contribution in [0.5, 0.6) is 0 Å². The van der Waals surface area contributed by atoms with Crippen molar-refractivity contribution >= 4 is 23.7 Å². The van der Waals surface area contributed by atoms with Gasteiger partial charge in [0.05, 0.1) is 6.42 Å². The van der Waals surface area contributed by atoms with E-state index in [1.54, 1.807) is 0 Å². The van der Waals surface area contributed by atoms with Gasteiger partial charge in [-0.15, -0.1) is 11.8 Å². The lowest BCUT2D eigenvalue weighted by atomic mass is 9.98. The molecule has 0 saturated heterocycles. The number of thioether (sulfide) groups is 1. The van der Waals surface area contributed by atoms with Gasteiger partial charge in [-0.2, -0.15) is 0 Å². The Labute approximate surface area is 137 Å². The van der Waals surface area contributed by atoms with Gasteiger partial charge in [-0.25, -0.2) is 0 Å². The summed E-state index contributed by atoms with van der Waals surface area (Å²) < 4.78 is 11.1. The average molecular weight is 328 g/mol. The SMILES string of the molecule is CSC(CC(=O)OC1CCCCC1)C(=O)OC1CCCCC1. The first-order chi connectivity index (χ1) is 10.7. The predicted octanol–water partition coefficient (Wildman–Crippen LogP) is 3.86. The van der Waals surface area contributed by atoms with Gasteiger partial charge in [0.2, 0.25) is 0 Å². The fourth-order valence-corrected chi connectivity index (χ4v) is 3.81. The zero-order valence-corrected chi connectivity index (χ0v) is 14.4. The molecular formula is C17H28O4S. The molecule has 0 radical (unpaired) electrons. The molecule has 2 saturated carbocycles. The minimum absolute atomic E-state index is 0.0465.